The molecular weight excluding hydrogens is 306 g/mol. The number of nitrogens with zero attached hydrogens (tertiary/aromatic N) is 1. The first-order valence-electron chi connectivity index (χ1n) is 7.06. The number of benzene rings is 1. The molecule has 0 amide bonds. The van der Waals surface area contributed by atoms with Crippen molar-refractivity contribution in [2.75, 3.05) is 13.1 Å². The van der Waals surface area contributed by atoms with Gasteiger partial charge in [0.15, 0.2) is 0 Å². The van der Waals surface area contributed by atoms with Gasteiger partial charge in [-0.1, -0.05) is 32.0 Å². The fourth-order valence-electron chi connectivity index (χ4n) is 2.86. The fraction of sp³-hybridized carbons (Fsp3) is 0.467. The number of hydrogen-bond acceptors (Lipinski definition) is 4. The number of thiophene rings is 1. The number of aliphatic hydroxyl groups excluding tert-OH is 1. The smallest absolute Gasteiger partial charge is 0.244 e. The number of sulfonamides is 1. The Hall–Kier alpha value is -0.950. The Morgan fingerprint density at radius 1 is 1.24 bits per heavy atom. The van der Waals surface area contributed by atoms with Crippen molar-refractivity contribution in [3.05, 3.63) is 29.1 Å². The van der Waals surface area contributed by atoms with E-state index in [1.54, 1.807) is 4.31 Å². The topological polar surface area (TPSA) is 57.6 Å². The van der Waals surface area contributed by atoms with Gasteiger partial charge in [0.05, 0.1) is 11.5 Å². The van der Waals surface area contributed by atoms with Crippen LogP contribution in [0, 0.1) is 11.8 Å². The van der Waals surface area contributed by atoms with Gasteiger partial charge in [-0.2, -0.15) is 4.31 Å². The molecule has 3 rings (SSSR count). The predicted octanol–water partition coefficient (Wildman–Crippen LogP) is 2.67. The minimum Gasteiger partial charge on any atom is -0.391 e. The molecule has 1 aromatic carbocycles. The van der Waals surface area contributed by atoms with Crippen LogP contribution in [0.2, 0.25) is 0 Å². The highest BCUT2D eigenvalue weighted by atomic mass is 32.2. The highest BCUT2D eigenvalue weighted by Crippen LogP contribution is 2.38. The summed E-state index contributed by atoms with van der Waals surface area (Å²) >= 11 is 1.36. The maximum absolute atomic E-state index is 13.0. The monoisotopic (exact) mass is 325 g/mol. The summed E-state index contributed by atoms with van der Waals surface area (Å²) in [7, 11) is -3.55. The van der Waals surface area contributed by atoms with Crippen molar-refractivity contribution in [2.24, 2.45) is 11.8 Å². The van der Waals surface area contributed by atoms with Gasteiger partial charge in [-0.3, -0.25) is 0 Å². The first kappa shape index (κ1) is 15.0. The molecule has 6 heteroatoms. The first-order chi connectivity index (χ1) is 9.95. The van der Waals surface area contributed by atoms with E-state index in [0.29, 0.717) is 34.7 Å². The molecule has 0 bridgehead atoms. The molecular formula is C15H19NO3S2. The molecule has 0 spiro atoms. The standard InChI is InChI=1S/C15H19NO3S2/c1-10-7-16(8-11(10)2)21(18,19)15-12-5-3-4-6-13(12)20-14(15)9-17/h3-6,10-11,17H,7-9H2,1-2H3. The summed E-state index contributed by atoms with van der Waals surface area (Å²) in [6.07, 6.45) is 0. The van der Waals surface area contributed by atoms with Gasteiger partial charge in [0.25, 0.3) is 0 Å². The molecule has 1 aliphatic rings. The van der Waals surface area contributed by atoms with Gasteiger partial charge in [-0.05, 0) is 17.9 Å². The van der Waals surface area contributed by atoms with Crippen molar-refractivity contribution in [2.45, 2.75) is 25.3 Å². The van der Waals surface area contributed by atoms with E-state index in [9.17, 15) is 13.5 Å². The number of fused-ring (bicyclic) bond motifs is 1. The third kappa shape index (κ3) is 2.40. The van der Waals surface area contributed by atoms with Crippen LogP contribution in [-0.4, -0.2) is 30.9 Å². The van der Waals surface area contributed by atoms with E-state index in [1.165, 1.54) is 11.3 Å². The van der Waals surface area contributed by atoms with Gasteiger partial charge < -0.3 is 5.11 Å². The van der Waals surface area contributed by atoms with Gasteiger partial charge in [-0.15, -0.1) is 11.3 Å². The predicted molar refractivity (Wildman–Crippen MR) is 84.8 cm³/mol. The number of hydrogen-bond donors (Lipinski definition) is 1. The Balaban J connectivity index is 2.15. The molecule has 1 aliphatic heterocycles. The van der Waals surface area contributed by atoms with Crippen molar-refractivity contribution < 1.29 is 13.5 Å². The highest BCUT2D eigenvalue weighted by molar-refractivity contribution is 7.89. The third-order valence-corrected chi connectivity index (χ3v) is 7.56. The minimum absolute atomic E-state index is 0.243. The molecule has 21 heavy (non-hydrogen) atoms. The van der Waals surface area contributed by atoms with E-state index in [4.69, 9.17) is 0 Å². The Bertz CT molecular complexity index is 756. The number of rotatable bonds is 3. The molecule has 1 fully saturated rings. The van der Waals surface area contributed by atoms with E-state index in [1.807, 2.05) is 24.3 Å². The van der Waals surface area contributed by atoms with Crippen LogP contribution in [0.15, 0.2) is 29.2 Å². The molecule has 114 valence electrons. The minimum atomic E-state index is -3.55. The average Bonchev–Trinajstić information content (AvgIpc) is 3.00. The van der Waals surface area contributed by atoms with E-state index < -0.39 is 10.0 Å². The largest absolute Gasteiger partial charge is 0.391 e. The quantitative estimate of drug-likeness (QED) is 0.944. The van der Waals surface area contributed by atoms with E-state index in [0.717, 1.165) is 10.1 Å². The normalized spacial score (nSPS) is 24.0. The molecule has 0 saturated carbocycles. The molecule has 1 N–H and O–H groups in total. The van der Waals surface area contributed by atoms with Crippen LogP contribution >= 0.6 is 11.3 Å². The average molecular weight is 325 g/mol. The van der Waals surface area contributed by atoms with Crippen molar-refractivity contribution in [3.8, 4) is 0 Å². The Morgan fingerprint density at radius 3 is 2.48 bits per heavy atom. The summed E-state index contributed by atoms with van der Waals surface area (Å²) in [6.45, 7) is 5.03. The molecule has 1 saturated heterocycles. The fourth-order valence-corrected chi connectivity index (χ4v) is 6.26. The summed E-state index contributed by atoms with van der Waals surface area (Å²) in [5, 5.41) is 10.3. The van der Waals surface area contributed by atoms with Crippen molar-refractivity contribution in [1.82, 2.24) is 4.31 Å². The van der Waals surface area contributed by atoms with E-state index in [2.05, 4.69) is 13.8 Å². The van der Waals surface area contributed by atoms with Crippen LogP contribution in [0.25, 0.3) is 10.1 Å². The van der Waals surface area contributed by atoms with Crippen LogP contribution in [-0.2, 0) is 16.6 Å². The molecule has 2 atom stereocenters. The van der Waals surface area contributed by atoms with Gasteiger partial charge in [0, 0.05) is 23.2 Å². The van der Waals surface area contributed by atoms with E-state index in [-0.39, 0.29) is 6.61 Å². The molecule has 2 aromatic rings. The lowest BCUT2D eigenvalue weighted by Gasteiger charge is -2.16. The van der Waals surface area contributed by atoms with Gasteiger partial charge in [0.1, 0.15) is 4.90 Å². The summed E-state index contributed by atoms with van der Waals surface area (Å²) in [6, 6.07) is 7.44. The zero-order valence-electron chi connectivity index (χ0n) is 12.1. The Labute approximate surface area is 129 Å². The van der Waals surface area contributed by atoms with Crippen LogP contribution < -0.4 is 0 Å². The summed E-state index contributed by atoms with van der Waals surface area (Å²) in [4.78, 5) is 0.829. The van der Waals surface area contributed by atoms with Crippen LogP contribution in [0.5, 0.6) is 0 Å². The van der Waals surface area contributed by atoms with Crippen LogP contribution in [0.3, 0.4) is 0 Å². The molecule has 2 heterocycles. The maximum Gasteiger partial charge on any atom is 0.244 e. The SMILES string of the molecule is CC1CN(S(=O)(=O)c2c(CO)sc3ccccc23)CC1C. The van der Waals surface area contributed by atoms with Gasteiger partial charge in [0.2, 0.25) is 10.0 Å². The second kappa shape index (κ2) is 5.35. The van der Waals surface area contributed by atoms with Gasteiger partial charge >= 0.3 is 0 Å². The Kier molecular flexibility index (Phi) is 3.81. The zero-order valence-corrected chi connectivity index (χ0v) is 13.7. The molecule has 2 unspecified atom stereocenters. The summed E-state index contributed by atoms with van der Waals surface area (Å²) < 4.78 is 28.5. The van der Waals surface area contributed by atoms with Crippen molar-refractivity contribution in [1.29, 1.82) is 0 Å². The van der Waals surface area contributed by atoms with E-state index >= 15 is 0 Å². The first-order valence-corrected chi connectivity index (χ1v) is 9.32. The zero-order chi connectivity index (χ0) is 15.2. The van der Waals surface area contributed by atoms with Gasteiger partial charge in [-0.25, -0.2) is 8.42 Å². The second-order valence-corrected chi connectivity index (χ2v) is 8.80. The van der Waals surface area contributed by atoms with Crippen molar-refractivity contribution >= 4 is 31.4 Å². The van der Waals surface area contributed by atoms with Crippen LogP contribution in [0.4, 0.5) is 0 Å². The van der Waals surface area contributed by atoms with Crippen LogP contribution in [0.1, 0.15) is 18.7 Å². The Morgan fingerprint density at radius 2 is 1.86 bits per heavy atom. The third-order valence-electron chi connectivity index (χ3n) is 4.31. The molecule has 0 radical (unpaired) electrons. The molecule has 0 aliphatic carbocycles. The van der Waals surface area contributed by atoms with Crippen molar-refractivity contribution in [3.63, 3.8) is 0 Å². The second-order valence-electron chi connectivity index (χ2n) is 5.79. The number of aliphatic hydroxyl groups is 1. The lowest BCUT2D eigenvalue weighted by Crippen LogP contribution is -2.29. The lowest BCUT2D eigenvalue weighted by atomic mass is 10.0. The maximum atomic E-state index is 13.0. The molecule has 4 nitrogen and oxygen atoms in total. The molecule has 1 aromatic heterocycles. The summed E-state index contributed by atoms with van der Waals surface area (Å²) in [5.41, 5.74) is 0. The highest BCUT2D eigenvalue weighted by Gasteiger charge is 2.37. The lowest BCUT2D eigenvalue weighted by molar-refractivity contribution is 0.282. The summed E-state index contributed by atoms with van der Waals surface area (Å²) in [5.74, 6) is 0.726.